The summed E-state index contributed by atoms with van der Waals surface area (Å²) in [5.41, 5.74) is 1.83. The van der Waals surface area contributed by atoms with E-state index in [0.717, 1.165) is 18.5 Å². The Kier molecular flexibility index (Phi) is 6.15. The van der Waals surface area contributed by atoms with E-state index in [1.54, 1.807) is 25.1 Å². The lowest BCUT2D eigenvalue weighted by Gasteiger charge is -2.11. The molecule has 6 heteroatoms. The van der Waals surface area contributed by atoms with Crippen LogP contribution in [-0.4, -0.2) is 22.4 Å². The fraction of sp³-hybridized carbons (Fsp3) is 0.389. The van der Waals surface area contributed by atoms with Crippen molar-refractivity contribution in [2.24, 2.45) is 5.92 Å². The number of aromatic nitrogens is 2. The van der Waals surface area contributed by atoms with E-state index >= 15 is 0 Å². The number of carbonyl (C=O) groups is 1. The van der Waals surface area contributed by atoms with E-state index in [0.29, 0.717) is 34.0 Å². The van der Waals surface area contributed by atoms with Crippen LogP contribution in [0.3, 0.4) is 0 Å². The second-order valence-corrected chi connectivity index (χ2v) is 6.57. The Hall–Kier alpha value is -2.14. The lowest BCUT2D eigenvalue weighted by atomic mass is 10.1. The minimum absolute atomic E-state index is 0.280. The number of halogens is 1. The molecular formula is C18H23ClN4O. The summed E-state index contributed by atoms with van der Waals surface area (Å²) in [6, 6.07) is 7.07. The topological polar surface area (TPSA) is 66.9 Å². The smallest absolute Gasteiger partial charge is 0.274 e. The Morgan fingerprint density at radius 2 is 2.00 bits per heavy atom. The van der Waals surface area contributed by atoms with Gasteiger partial charge in [-0.3, -0.25) is 4.79 Å². The maximum Gasteiger partial charge on any atom is 0.274 e. The fourth-order valence-electron chi connectivity index (χ4n) is 2.19. The van der Waals surface area contributed by atoms with Gasteiger partial charge in [-0.05, 0) is 43.9 Å². The lowest BCUT2D eigenvalue weighted by molar-refractivity contribution is 0.102. The van der Waals surface area contributed by atoms with Crippen LogP contribution in [0.4, 0.5) is 11.5 Å². The molecule has 0 aliphatic heterocycles. The van der Waals surface area contributed by atoms with Gasteiger partial charge in [-0.1, -0.05) is 31.5 Å². The van der Waals surface area contributed by atoms with E-state index in [4.69, 9.17) is 11.6 Å². The van der Waals surface area contributed by atoms with Crippen molar-refractivity contribution < 1.29 is 4.79 Å². The van der Waals surface area contributed by atoms with E-state index in [2.05, 4.69) is 34.4 Å². The van der Waals surface area contributed by atoms with Crippen LogP contribution in [0.25, 0.3) is 0 Å². The van der Waals surface area contributed by atoms with Crippen molar-refractivity contribution in [2.75, 3.05) is 17.2 Å². The number of hydrogen-bond donors (Lipinski definition) is 2. The summed E-state index contributed by atoms with van der Waals surface area (Å²) in [6.07, 6.45) is 1.03. The molecule has 1 heterocycles. The van der Waals surface area contributed by atoms with Gasteiger partial charge in [-0.15, -0.1) is 0 Å². The Bertz CT molecular complexity index is 731. The van der Waals surface area contributed by atoms with Crippen molar-refractivity contribution in [1.29, 1.82) is 0 Å². The van der Waals surface area contributed by atoms with Crippen LogP contribution in [0.15, 0.2) is 24.3 Å². The fourth-order valence-corrected chi connectivity index (χ4v) is 2.37. The molecule has 0 aliphatic carbocycles. The zero-order valence-electron chi connectivity index (χ0n) is 14.5. The monoisotopic (exact) mass is 346 g/mol. The number of nitrogens with one attached hydrogen (secondary N) is 2. The average molecular weight is 347 g/mol. The van der Waals surface area contributed by atoms with Crippen LogP contribution in [0.1, 0.15) is 42.1 Å². The number of aryl methyl sites for hydroxylation is 1. The Balaban J connectivity index is 2.14. The first-order valence-corrected chi connectivity index (χ1v) is 8.40. The molecule has 2 N–H and O–H groups in total. The van der Waals surface area contributed by atoms with E-state index in [-0.39, 0.29) is 5.91 Å². The first-order valence-electron chi connectivity index (χ1n) is 8.03. The number of carbonyl (C=O) groups excluding carboxylic acids is 1. The van der Waals surface area contributed by atoms with Crippen molar-refractivity contribution in [3.05, 3.63) is 46.4 Å². The van der Waals surface area contributed by atoms with Gasteiger partial charge in [0.25, 0.3) is 5.91 Å². The van der Waals surface area contributed by atoms with Crippen LogP contribution < -0.4 is 10.6 Å². The Morgan fingerprint density at radius 3 is 2.71 bits per heavy atom. The van der Waals surface area contributed by atoms with Crippen molar-refractivity contribution in [1.82, 2.24) is 9.97 Å². The second kappa shape index (κ2) is 8.11. The third kappa shape index (κ3) is 4.93. The molecule has 128 valence electrons. The molecule has 0 aliphatic rings. The standard InChI is InChI=1S/C18H23ClN4O/c1-11(2)8-9-20-17-10-16(21-13(4)22-17)18(24)23-15-7-5-6-14(19)12(15)3/h5-7,10-11H,8-9H2,1-4H3,(H,23,24)(H,20,21,22). The molecule has 1 aromatic carbocycles. The first kappa shape index (κ1) is 18.2. The van der Waals surface area contributed by atoms with Crippen LogP contribution in [0, 0.1) is 19.8 Å². The van der Waals surface area contributed by atoms with E-state index in [1.807, 2.05) is 13.0 Å². The normalized spacial score (nSPS) is 10.8. The van der Waals surface area contributed by atoms with Gasteiger partial charge in [0.1, 0.15) is 17.3 Å². The molecule has 0 bridgehead atoms. The van der Waals surface area contributed by atoms with Gasteiger partial charge >= 0.3 is 0 Å². The molecular weight excluding hydrogens is 324 g/mol. The van der Waals surface area contributed by atoms with E-state index in [1.165, 1.54) is 0 Å². The number of benzene rings is 1. The largest absolute Gasteiger partial charge is 0.370 e. The zero-order valence-corrected chi connectivity index (χ0v) is 15.2. The van der Waals surface area contributed by atoms with Crippen molar-refractivity contribution in [3.8, 4) is 0 Å². The highest BCUT2D eigenvalue weighted by Crippen LogP contribution is 2.23. The SMILES string of the molecule is Cc1nc(NCCC(C)C)cc(C(=O)Nc2cccc(Cl)c2C)n1. The number of hydrogen-bond acceptors (Lipinski definition) is 4. The predicted octanol–water partition coefficient (Wildman–Crippen LogP) is 4.46. The summed E-state index contributed by atoms with van der Waals surface area (Å²) < 4.78 is 0. The van der Waals surface area contributed by atoms with Crippen LogP contribution in [0.2, 0.25) is 5.02 Å². The number of rotatable bonds is 6. The van der Waals surface area contributed by atoms with Crippen LogP contribution in [0.5, 0.6) is 0 Å². The molecule has 0 saturated carbocycles. The molecule has 24 heavy (non-hydrogen) atoms. The Morgan fingerprint density at radius 1 is 1.25 bits per heavy atom. The van der Waals surface area contributed by atoms with Gasteiger partial charge in [0.05, 0.1) is 0 Å². The molecule has 2 rings (SSSR count). The van der Waals surface area contributed by atoms with Gasteiger partial charge in [0, 0.05) is 23.3 Å². The average Bonchev–Trinajstić information content (AvgIpc) is 2.51. The molecule has 0 atom stereocenters. The van der Waals surface area contributed by atoms with E-state index in [9.17, 15) is 4.79 Å². The van der Waals surface area contributed by atoms with Crippen LogP contribution in [-0.2, 0) is 0 Å². The number of anilines is 2. The molecule has 5 nitrogen and oxygen atoms in total. The van der Waals surface area contributed by atoms with Gasteiger partial charge < -0.3 is 10.6 Å². The minimum atomic E-state index is -0.280. The predicted molar refractivity (Wildman–Crippen MR) is 98.9 cm³/mol. The summed E-state index contributed by atoms with van der Waals surface area (Å²) in [7, 11) is 0. The molecule has 1 aromatic heterocycles. The zero-order chi connectivity index (χ0) is 17.7. The van der Waals surface area contributed by atoms with Crippen molar-refractivity contribution in [2.45, 2.75) is 34.1 Å². The highest BCUT2D eigenvalue weighted by atomic mass is 35.5. The highest BCUT2D eigenvalue weighted by Gasteiger charge is 2.13. The molecule has 2 aromatic rings. The number of nitrogens with zero attached hydrogens (tertiary/aromatic N) is 2. The van der Waals surface area contributed by atoms with Gasteiger partial charge in [-0.2, -0.15) is 0 Å². The maximum absolute atomic E-state index is 12.5. The molecule has 0 fully saturated rings. The Labute approximate surface area is 147 Å². The minimum Gasteiger partial charge on any atom is -0.370 e. The maximum atomic E-state index is 12.5. The van der Waals surface area contributed by atoms with Crippen molar-refractivity contribution in [3.63, 3.8) is 0 Å². The number of amides is 1. The third-order valence-electron chi connectivity index (χ3n) is 3.61. The quantitative estimate of drug-likeness (QED) is 0.810. The summed E-state index contributed by atoms with van der Waals surface area (Å²) in [5, 5.41) is 6.71. The van der Waals surface area contributed by atoms with Crippen molar-refractivity contribution >= 4 is 29.0 Å². The highest BCUT2D eigenvalue weighted by molar-refractivity contribution is 6.31. The van der Waals surface area contributed by atoms with E-state index < -0.39 is 0 Å². The molecule has 0 saturated heterocycles. The van der Waals surface area contributed by atoms with Crippen LogP contribution >= 0.6 is 11.6 Å². The first-order chi connectivity index (χ1) is 11.4. The van der Waals surface area contributed by atoms with Gasteiger partial charge in [-0.25, -0.2) is 9.97 Å². The summed E-state index contributed by atoms with van der Waals surface area (Å²) in [6.45, 7) is 8.78. The summed E-state index contributed by atoms with van der Waals surface area (Å²) >= 11 is 6.09. The van der Waals surface area contributed by atoms with Gasteiger partial charge in [0.15, 0.2) is 0 Å². The molecule has 0 radical (unpaired) electrons. The van der Waals surface area contributed by atoms with Gasteiger partial charge in [0.2, 0.25) is 0 Å². The second-order valence-electron chi connectivity index (χ2n) is 6.16. The lowest BCUT2D eigenvalue weighted by Crippen LogP contribution is -2.17. The molecule has 1 amide bonds. The summed E-state index contributed by atoms with van der Waals surface area (Å²) in [5.74, 6) is 1.54. The molecule has 0 unspecified atom stereocenters. The summed E-state index contributed by atoms with van der Waals surface area (Å²) in [4.78, 5) is 21.0. The molecule has 0 spiro atoms. The third-order valence-corrected chi connectivity index (χ3v) is 4.02.